The summed E-state index contributed by atoms with van der Waals surface area (Å²) in [6, 6.07) is 13.9. The van der Waals surface area contributed by atoms with Crippen molar-refractivity contribution in [2.45, 2.75) is 36.6 Å². The number of benzene rings is 2. The average molecular weight is 345 g/mol. The van der Waals surface area contributed by atoms with Crippen LogP contribution < -0.4 is 4.72 Å². The van der Waals surface area contributed by atoms with Gasteiger partial charge >= 0.3 is 5.97 Å². The van der Waals surface area contributed by atoms with Crippen molar-refractivity contribution in [3.8, 4) is 0 Å². The van der Waals surface area contributed by atoms with Crippen LogP contribution in [0.3, 0.4) is 0 Å². The molecular formula is C18H19NO4S. The van der Waals surface area contributed by atoms with E-state index in [4.69, 9.17) is 5.11 Å². The Kier molecular flexibility index (Phi) is 4.69. The molecule has 0 saturated heterocycles. The Hall–Kier alpha value is -2.18. The smallest absolute Gasteiger partial charge is 0.307 e. The van der Waals surface area contributed by atoms with E-state index in [0.29, 0.717) is 11.5 Å². The van der Waals surface area contributed by atoms with Crippen LogP contribution in [0.5, 0.6) is 0 Å². The normalized spacial score (nSPS) is 14.5. The van der Waals surface area contributed by atoms with E-state index in [-0.39, 0.29) is 17.9 Å². The summed E-state index contributed by atoms with van der Waals surface area (Å²) >= 11 is 0. The third-order valence-electron chi connectivity index (χ3n) is 4.06. The number of rotatable bonds is 7. The standard InChI is InChI=1S/C18H19NO4S/c20-18(21)11-13-4-8-17(9-5-13)24(22,23)19-12-14-2-1-3-16(10-14)15-6-7-15/h1-5,8-10,15,19H,6-7,11-12H2,(H,20,21). The number of carboxylic acids is 1. The third-order valence-corrected chi connectivity index (χ3v) is 5.47. The Labute approximate surface area is 141 Å². The first-order valence-electron chi connectivity index (χ1n) is 7.83. The Morgan fingerprint density at radius 3 is 2.42 bits per heavy atom. The molecule has 0 unspecified atom stereocenters. The van der Waals surface area contributed by atoms with E-state index in [2.05, 4.69) is 16.9 Å². The maximum atomic E-state index is 12.3. The zero-order valence-corrected chi connectivity index (χ0v) is 13.9. The number of nitrogens with one attached hydrogen (secondary N) is 1. The molecule has 0 aromatic heterocycles. The van der Waals surface area contributed by atoms with Gasteiger partial charge in [-0.3, -0.25) is 4.79 Å². The highest BCUT2D eigenvalue weighted by molar-refractivity contribution is 7.89. The van der Waals surface area contributed by atoms with Crippen molar-refractivity contribution in [1.29, 1.82) is 0 Å². The van der Waals surface area contributed by atoms with E-state index in [1.807, 2.05) is 12.1 Å². The number of hydrogen-bond donors (Lipinski definition) is 2. The molecule has 0 amide bonds. The second kappa shape index (κ2) is 6.75. The van der Waals surface area contributed by atoms with E-state index < -0.39 is 16.0 Å². The highest BCUT2D eigenvalue weighted by atomic mass is 32.2. The minimum Gasteiger partial charge on any atom is -0.481 e. The molecule has 24 heavy (non-hydrogen) atoms. The Morgan fingerprint density at radius 1 is 1.08 bits per heavy atom. The molecule has 5 nitrogen and oxygen atoms in total. The van der Waals surface area contributed by atoms with Gasteiger partial charge in [0.25, 0.3) is 0 Å². The first kappa shape index (κ1) is 16.7. The Balaban J connectivity index is 1.67. The van der Waals surface area contributed by atoms with Gasteiger partial charge in [-0.25, -0.2) is 13.1 Å². The van der Waals surface area contributed by atoms with Crippen LogP contribution in [-0.4, -0.2) is 19.5 Å². The second-order valence-electron chi connectivity index (χ2n) is 6.06. The van der Waals surface area contributed by atoms with Crippen molar-refractivity contribution in [2.24, 2.45) is 0 Å². The van der Waals surface area contributed by atoms with Crippen molar-refractivity contribution < 1.29 is 18.3 Å². The van der Waals surface area contributed by atoms with E-state index in [9.17, 15) is 13.2 Å². The second-order valence-corrected chi connectivity index (χ2v) is 7.83. The van der Waals surface area contributed by atoms with Gasteiger partial charge in [-0.1, -0.05) is 36.4 Å². The lowest BCUT2D eigenvalue weighted by molar-refractivity contribution is -0.136. The van der Waals surface area contributed by atoms with Crippen LogP contribution >= 0.6 is 0 Å². The minimum atomic E-state index is -3.62. The van der Waals surface area contributed by atoms with E-state index in [0.717, 1.165) is 5.56 Å². The molecule has 2 aromatic carbocycles. The van der Waals surface area contributed by atoms with E-state index in [1.54, 1.807) is 0 Å². The summed E-state index contributed by atoms with van der Waals surface area (Å²) < 4.78 is 27.3. The molecule has 126 valence electrons. The maximum Gasteiger partial charge on any atom is 0.307 e. The topological polar surface area (TPSA) is 83.5 Å². The quantitative estimate of drug-likeness (QED) is 0.808. The summed E-state index contributed by atoms with van der Waals surface area (Å²) in [7, 11) is -3.62. The highest BCUT2D eigenvalue weighted by Gasteiger charge is 2.23. The maximum absolute atomic E-state index is 12.3. The lowest BCUT2D eigenvalue weighted by atomic mass is 10.1. The van der Waals surface area contributed by atoms with Crippen molar-refractivity contribution in [3.63, 3.8) is 0 Å². The van der Waals surface area contributed by atoms with Crippen molar-refractivity contribution in [3.05, 3.63) is 65.2 Å². The fraction of sp³-hybridized carbons (Fsp3) is 0.278. The molecule has 2 aromatic rings. The predicted octanol–water partition coefficient (Wildman–Crippen LogP) is 2.67. The van der Waals surface area contributed by atoms with E-state index >= 15 is 0 Å². The van der Waals surface area contributed by atoms with Gasteiger partial charge < -0.3 is 5.11 Å². The zero-order valence-electron chi connectivity index (χ0n) is 13.1. The van der Waals surface area contributed by atoms with Crippen LogP contribution in [0, 0.1) is 0 Å². The molecule has 1 aliphatic carbocycles. The summed E-state index contributed by atoms with van der Waals surface area (Å²) in [5.74, 6) is -0.317. The Morgan fingerprint density at radius 2 is 1.79 bits per heavy atom. The van der Waals surface area contributed by atoms with Gasteiger partial charge in [0.1, 0.15) is 0 Å². The predicted molar refractivity (Wildman–Crippen MR) is 90.2 cm³/mol. The monoisotopic (exact) mass is 345 g/mol. The largest absolute Gasteiger partial charge is 0.481 e. The minimum absolute atomic E-state index is 0.123. The van der Waals surface area contributed by atoms with Gasteiger partial charge in [-0.2, -0.15) is 0 Å². The van der Waals surface area contributed by atoms with Crippen LogP contribution in [0.4, 0.5) is 0 Å². The molecule has 1 fully saturated rings. The van der Waals surface area contributed by atoms with E-state index in [1.165, 1.54) is 42.7 Å². The molecule has 0 spiro atoms. The third kappa shape index (κ3) is 4.21. The average Bonchev–Trinajstić information content (AvgIpc) is 3.38. The zero-order chi connectivity index (χ0) is 17.2. The van der Waals surface area contributed by atoms with Crippen molar-refractivity contribution >= 4 is 16.0 Å². The molecule has 0 radical (unpaired) electrons. The van der Waals surface area contributed by atoms with Crippen molar-refractivity contribution in [2.75, 3.05) is 0 Å². The lowest BCUT2D eigenvalue weighted by Gasteiger charge is -2.09. The van der Waals surface area contributed by atoms with Gasteiger partial charge in [0.05, 0.1) is 11.3 Å². The number of aliphatic carboxylic acids is 1. The van der Waals surface area contributed by atoms with Crippen LogP contribution in [0.1, 0.15) is 35.4 Å². The molecule has 2 N–H and O–H groups in total. The first-order valence-corrected chi connectivity index (χ1v) is 9.31. The van der Waals surface area contributed by atoms with Crippen LogP contribution in [-0.2, 0) is 27.8 Å². The van der Waals surface area contributed by atoms with Gasteiger partial charge in [-0.05, 0) is 47.6 Å². The molecule has 1 saturated carbocycles. The van der Waals surface area contributed by atoms with Gasteiger partial charge in [0, 0.05) is 6.54 Å². The van der Waals surface area contributed by atoms with Gasteiger partial charge in [0.2, 0.25) is 10.0 Å². The molecule has 6 heteroatoms. The molecule has 0 bridgehead atoms. The fourth-order valence-corrected chi connectivity index (χ4v) is 3.61. The number of carbonyl (C=O) groups is 1. The van der Waals surface area contributed by atoms with Crippen LogP contribution in [0.2, 0.25) is 0 Å². The molecular weight excluding hydrogens is 326 g/mol. The van der Waals surface area contributed by atoms with Gasteiger partial charge in [-0.15, -0.1) is 0 Å². The summed E-state index contributed by atoms with van der Waals surface area (Å²) in [6.45, 7) is 0.236. The lowest BCUT2D eigenvalue weighted by Crippen LogP contribution is -2.23. The van der Waals surface area contributed by atoms with Crippen LogP contribution in [0.15, 0.2) is 53.4 Å². The number of carboxylic acid groups (broad SMARTS) is 1. The molecule has 3 rings (SSSR count). The first-order chi connectivity index (χ1) is 11.4. The molecule has 0 atom stereocenters. The fourth-order valence-electron chi connectivity index (χ4n) is 2.60. The molecule has 0 heterocycles. The summed E-state index contributed by atoms with van der Waals surface area (Å²) in [5, 5.41) is 8.74. The highest BCUT2D eigenvalue weighted by Crippen LogP contribution is 2.40. The summed E-state index contributed by atoms with van der Waals surface area (Å²) in [4.78, 5) is 10.8. The SMILES string of the molecule is O=C(O)Cc1ccc(S(=O)(=O)NCc2cccc(C3CC3)c2)cc1. The molecule has 0 aliphatic heterocycles. The van der Waals surface area contributed by atoms with Crippen molar-refractivity contribution in [1.82, 2.24) is 4.72 Å². The van der Waals surface area contributed by atoms with Crippen LogP contribution in [0.25, 0.3) is 0 Å². The van der Waals surface area contributed by atoms with Gasteiger partial charge in [0.15, 0.2) is 0 Å². The number of sulfonamides is 1. The molecule has 1 aliphatic rings. The number of hydrogen-bond acceptors (Lipinski definition) is 3. The Bertz CT molecular complexity index is 840. The summed E-state index contributed by atoms with van der Waals surface area (Å²) in [6.07, 6.45) is 2.29. The summed E-state index contributed by atoms with van der Waals surface area (Å²) in [5.41, 5.74) is 2.77.